The molecule has 0 aromatic heterocycles. The summed E-state index contributed by atoms with van der Waals surface area (Å²) in [5.74, 6) is 0. The average molecular weight is 204 g/mol. The highest BCUT2D eigenvalue weighted by Crippen LogP contribution is 2.17. The zero-order valence-corrected chi connectivity index (χ0v) is 9.57. The molecule has 0 aliphatic rings. The van der Waals surface area contributed by atoms with Gasteiger partial charge in [-0.15, -0.1) is 0 Å². The SMILES string of the molecule is CC(=NO)C(C)=Nc1cc(C)cc(C)c1. The maximum absolute atomic E-state index is 8.60. The topological polar surface area (TPSA) is 45.0 Å². The molecule has 1 rings (SSSR count). The summed E-state index contributed by atoms with van der Waals surface area (Å²) in [6.45, 7) is 7.62. The minimum atomic E-state index is 0.536. The van der Waals surface area contributed by atoms with Gasteiger partial charge in [0, 0.05) is 0 Å². The van der Waals surface area contributed by atoms with Gasteiger partial charge in [-0.05, 0) is 51.0 Å². The summed E-state index contributed by atoms with van der Waals surface area (Å²) in [5, 5.41) is 11.7. The number of aryl methyl sites for hydroxylation is 2. The summed E-state index contributed by atoms with van der Waals surface area (Å²) in [7, 11) is 0. The molecular formula is C12H16N2O. The van der Waals surface area contributed by atoms with Crippen LogP contribution < -0.4 is 0 Å². The molecule has 1 aromatic rings. The van der Waals surface area contributed by atoms with E-state index in [-0.39, 0.29) is 0 Å². The lowest BCUT2D eigenvalue weighted by Crippen LogP contribution is -2.04. The number of aliphatic imine (C=N–C) groups is 1. The van der Waals surface area contributed by atoms with Crippen LogP contribution in [0.25, 0.3) is 0 Å². The second-order valence-corrected chi connectivity index (χ2v) is 3.73. The van der Waals surface area contributed by atoms with Gasteiger partial charge >= 0.3 is 0 Å². The van der Waals surface area contributed by atoms with E-state index >= 15 is 0 Å². The maximum atomic E-state index is 8.60. The number of hydrogen-bond acceptors (Lipinski definition) is 3. The Morgan fingerprint density at radius 2 is 1.53 bits per heavy atom. The van der Waals surface area contributed by atoms with Crippen molar-refractivity contribution in [1.82, 2.24) is 0 Å². The van der Waals surface area contributed by atoms with Crippen LogP contribution in [0.5, 0.6) is 0 Å². The minimum absolute atomic E-state index is 0.536. The number of nitrogens with zero attached hydrogens (tertiary/aromatic N) is 2. The van der Waals surface area contributed by atoms with E-state index in [1.165, 1.54) is 11.1 Å². The minimum Gasteiger partial charge on any atom is -0.411 e. The molecule has 0 heterocycles. The van der Waals surface area contributed by atoms with Crippen LogP contribution in [0, 0.1) is 13.8 Å². The molecule has 0 atom stereocenters. The normalized spacial score (nSPS) is 13.1. The predicted molar refractivity (Wildman–Crippen MR) is 63.6 cm³/mol. The molecule has 15 heavy (non-hydrogen) atoms. The second-order valence-electron chi connectivity index (χ2n) is 3.73. The molecule has 0 bridgehead atoms. The fourth-order valence-corrected chi connectivity index (χ4v) is 1.36. The highest BCUT2D eigenvalue weighted by Gasteiger charge is 1.99. The summed E-state index contributed by atoms with van der Waals surface area (Å²) < 4.78 is 0. The Bertz CT molecular complexity index is 399. The summed E-state index contributed by atoms with van der Waals surface area (Å²) >= 11 is 0. The van der Waals surface area contributed by atoms with Crippen molar-refractivity contribution in [3.63, 3.8) is 0 Å². The van der Waals surface area contributed by atoms with Crippen LogP contribution in [0.2, 0.25) is 0 Å². The largest absolute Gasteiger partial charge is 0.411 e. The monoisotopic (exact) mass is 204 g/mol. The first-order chi connectivity index (χ1) is 7.02. The third kappa shape index (κ3) is 3.20. The highest BCUT2D eigenvalue weighted by atomic mass is 16.4. The van der Waals surface area contributed by atoms with E-state index in [1.807, 2.05) is 32.9 Å². The van der Waals surface area contributed by atoms with Gasteiger partial charge in [0.05, 0.1) is 17.1 Å². The zero-order chi connectivity index (χ0) is 11.4. The second kappa shape index (κ2) is 4.73. The van der Waals surface area contributed by atoms with Crippen molar-refractivity contribution >= 4 is 17.1 Å². The molecule has 0 unspecified atom stereocenters. The van der Waals surface area contributed by atoms with Crippen molar-refractivity contribution in [2.75, 3.05) is 0 Å². The lowest BCUT2D eigenvalue weighted by Gasteiger charge is -2.01. The Morgan fingerprint density at radius 1 is 1.00 bits per heavy atom. The van der Waals surface area contributed by atoms with Gasteiger partial charge in [-0.2, -0.15) is 0 Å². The number of oxime groups is 1. The first-order valence-corrected chi connectivity index (χ1v) is 4.85. The molecular weight excluding hydrogens is 188 g/mol. The van der Waals surface area contributed by atoms with E-state index in [0.29, 0.717) is 5.71 Å². The molecule has 0 aliphatic carbocycles. The van der Waals surface area contributed by atoms with Gasteiger partial charge in [0.25, 0.3) is 0 Å². The van der Waals surface area contributed by atoms with Crippen molar-refractivity contribution < 1.29 is 5.21 Å². The predicted octanol–water partition coefficient (Wildman–Crippen LogP) is 3.25. The van der Waals surface area contributed by atoms with Crippen LogP contribution in [0.1, 0.15) is 25.0 Å². The molecule has 0 aliphatic heterocycles. The Labute approximate surface area is 90.2 Å². The van der Waals surface area contributed by atoms with Crippen LogP contribution >= 0.6 is 0 Å². The third-order valence-electron chi connectivity index (χ3n) is 2.18. The molecule has 0 saturated carbocycles. The summed E-state index contributed by atoms with van der Waals surface area (Å²) in [5.41, 5.74) is 4.52. The van der Waals surface area contributed by atoms with E-state index < -0.39 is 0 Å². The van der Waals surface area contributed by atoms with Crippen molar-refractivity contribution in [3.05, 3.63) is 29.3 Å². The Morgan fingerprint density at radius 3 is 2.00 bits per heavy atom. The van der Waals surface area contributed by atoms with Crippen LogP contribution in [-0.2, 0) is 0 Å². The molecule has 0 radical (unpaired) electrons. The molecule has 3 heteroatoms. The van der Waals surface area contributed by atoms with E-state index in [1.54, 1.807) is 6.92 Å². The van der Waals surface area contributed by atoms with Gasteiger partial charge in [-0.3, -0.25) is 4.99 Å². The van der Waals surface area contributed by atoms with Crippen LogP contribution in [0.15, 0.2) is 28.3 Å². The Hall–Kier alpha value is -1.64. The van der Waals surface area contributed by atoms with Gasteiger partial charge in [0.15, 0.2) is 0 Å². The van der Waals surface area contributed by atoms with Gasteiger partial charge < -0.3 is 5.21 Å². The Kier molecular flexibility index (Phi) is 3.61. The summed E-state index contributed by atoms with van der Waals surface area (Å²) in [6, 6.07) is 6.10. The number of hydrogen-bond donors (Lipinski definition) is 1. The molecule has 0 fully saturated rings. The van der Waals surface area contributed by atoms with Gasteiger partial charge in [0.2, 0.25) is 0 Å². The summed E-state index contributed by atoms with van der Waals surface area (Å²) in [6.07, 6.45) is 0. The van der Waals surface area contributed by atoms with Crippen LogP contribution in [-0.4, -0.2) is 16.6 Å². The fraction of sp³-hybridized carbons (Fsp3) is 0.333. The van der Waals surface area contributed by atoms with Gasteiger partial charge in [0.1, 0.15) is 0 Å². The Balaban J connectivity index is 3.08. The highest BCUT2D eigenvalue weighted by molar-refractivity contribution is 6.40. The lowest BCUT2D eigenvalue weighted by atomic mass is 10.1. The van der Waals surface area contributed by atoms with Crippen LogP contribution in [0.4, 0.5) is 5.69 Å². The van der Waals surface area contributed by atoms with Crippen molar-refractivity contribution in [2.24, 2.45) is 10.1 Å². The van der Waals surface area contributed by atoms with Gasteiger partial charge in [-0.1, -0.05) is 11.2 Å². The molecule has 1 aromatic carbocycles. The first kappa shape index (κ1) is 11.4. The fourth-order valence-electron chi connectivity index (χ4n) is 1.36. The van der Waals surface area contributed by atoms with Crippen molar-refractivity contribution in [2.45, 2.75) is 27.7 Å². The van der Waals surface area contributed by atoms with Gasteiger partial charge in [-0.25, -0.2) is 0 Å². The molecule has 80 valence electrons. The maximum Gasteiger partial charge on any atom is 0.0976 e. The number of rotatable bonds is 2. The molecule has 3 nitrogen and oxygen atoms in total. The van der Waals surface area contributed by atoms with E-state index in [2.05, 4.69) is 16.2 Å². The van der Waals surface area contributed by atoms with E-state index in [0.717, 1.165) is 11.4 Å². The lowest BCUT2D eigenvalue weighted by molar-refractivity contribution is 0.320. The first-order valence-electron chi connectivity index (χ1n) is 4.85. The van der Waals surface area contributed by atoms with E-state index in [4.69, 9.17) is 5.21 Å². The quantitative estimate of drug-likeness (QED) is 0.448. The molecule has 1 N–H and O–H groups in total. The molecule has 0 amide bonds. The molecule has 0 saturated heterocycles. The smallest absolute Gasteiger partial charge is 0.0976 e. The standard InChI is InChI=1S/C12H16N2O/c1-8-5-9(2)7-12(6-8)13-10(3)11(4)14-15/h5-7,15H,1-4H3. The summed E-state index contributed by atoms with van der Waals surface area (Å²) in [4.78, 5) is 4.38. The van der Waals surface area contributed by atoms with Crippen molar-refractivity contribution in [1.29, 1.82) is 0 Å². The molecule has 0 spiro atoms. The number of benzene rings is 1. The van der Waals surface area contributed by atoms with Crippen LogP contribution in [0.3, 0.4) is 0 Å². The average Bonchev–Trinajstić information content (AvgIpc) is 2.14. The van der Waals surface area contributed by atoms with Crippen molar-refractivity contribution in [3.8, 4) is 0 Å². The third-order valence-corrected chi connectivity index (χ3v) is 2.18. The zero-order valence-electron chi connectivity index (χ0n) is 9.57. The van der Waals surface area contributed by atoms with E-state index in [9.17, 15) is 0 Å².